The fourth-order valence-corrected chi connectivity index (χ4v) is 0.941. The molecule has 2 nitrogen and oxygen atoms in total. The van der Waals surface area contributed by atoms with E-state index in [0.29, 0.717) is 0 Å². The second-order valence-corrected chi connectivity index (χ2v) is 2.62. The van der Waals surface area contributed by atoms with Gasteiger partial charge in [0.1, 0.15) is 0 Å². The molecular formula is C7H15NOS. The number of rotatable bonds is 4. The highest BCUT2D eigenvalue weighted by atomic mass is 32.1. The van der Waals surface area contributed by atoms with Crippen LogP contribution in [0.25, 0.3) is 0 Å². The van der Waals surface area contributed by atoms with Crippen molar-refractivity contribution in [2.75, 3.05) is 18.8 Å². The number of amides is 1. The topological polar surface area (TPSA) is 20.3 Å². The van der Waals surface area contributed by atoms with Crippen LogP contribution in [0.1, 0.15) is 20.3 Å². The number of hydrogen-bond acceptors (Lipinski definition) is 2. The lowest BCUT2D eigenvalue weighted by Gasteiger charge is -2.17. The van der Waals surface area contributed by atoms with Crippen molar-refractivity contribution in [3.63, 3.8) is 0 Å². The molecule has 0 aliphatic rings. The highest BCUT2D eigenvalue weighted by Crippen LogP contribution is 1.92. The van der Waals surface area contributed by atoms with Gasteiger partial charge in [-0.3, -0.25) is 4.79 Å². The molecule has 0 unspecified atom stereocenters. The lowest BCUT2D eigenvalue weighted by atomic mass is 10.4. The summed E-state index contributed by atoms with van der Waals surface area (Å²) in [6.45, 7) is 5.24. The molecule has 0 rings (SSSR count). The van der Waals surface area contributed by atoms with Crippen molar-refractivity contribution in [3.8, 4) is 0 Å². The molecular weight excluding hydrogens is 146 g/mol. The van der Waals surface area contributed by atoms with Gasteiger partial charge in [-0.1, -0.05) is 0 Å². The van der Waals surface area contributed by atoms with Crippen LogP contribution in [0.4, 0.5) is 0 Å². The molecule has 0 aromatic heterocycles. The molecule has 60 valence electrons. The van der Waals surface area contributed by atoms with Gasteiger partial charge in [0.25, 0.3) is 0 Å². The third-order valence-corrected chi connectivity index (χ3v) is 1.73. The quantitative estimate of drug-likeness (QED) is 0.614. The average molecular weight is 161 g/mol. The Kier molecular flexibility index (Phi) is 5.49. The van der Waals surface area contributed by atoms with Crippen molar-refractivity contribution in [2.45, 2.75) is 20.3 Å². The second kappa shape index (κ2) is 5.59. The lowest BCUT2D eigenvalue weighted by molar-refractivity contribution is -0.128. The van der Waals surface area contributed by atoms with E-state index in [1.165, 1.54) is 0 Å². The molecule has 0 saturated heterocycles. The summed E-state index contributed by atoms with van der Waals surface area (Å²) >= 11 is 4.06. The number of hydrogen-bond donors (Lipinski definition) is 1. The largest absolute Gasteiger partial charge is 0.343 e. The Bertz CT molecular complexity index is 106. The van der Waals surface area contributed by atoms with Crippen LogP contribution in [0.15, 0.2) is 0 Å². The first-order valence-corrected chi connectivity index (χ1v) is 4.22. The van der Waals surface area contributed by atoms with Crippen LogP contribution in [-0.2, 0) is 4.79 Å². The molecule has 0 bridgehead atoms. The number of nitrogens with zero attached hydrogens (tertiary/aromatic N) is 1. The van der Waals surface area contributed by atoms with Crippen molar-refractivity contribution in [1.29, 1.82) is 0 Å². The Morgan fingerprint density at radius 1 is 1.60 bits per heavy atom. The van der Waals surface area contributed by atoms with E-state index in [9.17, 15) is 4.79 Å². The molecule has 0 aromatic rings. The Labute approximate surface area is 68.0 Å². The van der Waals surface area contributed by atoms with Crippen LogP contribution in [0, 0.1) is 0 Å². The van der Waals surface area contributed by atoms with Crippen LogP contribution in [0.3, 0.4) is 0 Å². The van der Waals surface area contributed by atoms with Gasteiger partial charge < -0.3 is 4.90 Å². The summed E-state index contributed by atoms with van der Waals surface area (Å²) in [4.78, 5) is 12.6. The predicted molar refractivity (Wildman–Crippen MR) is 46.4 cm³/mol. The van der Waals surface area contributed by atoms with E-state index < -0.39 is 0 Å². The molecule has 0 saturated carbocycles. The first kappa shape index (κ1) is 9.82. The molecule has 0 N–H and O–H groups in total. The van der Waals surface area contributed by atoms with E-state index in [1.54, 1.807) is 6.92 Å². The zero-order valence-electron chi connectivity index (χ0n) is 6.63. The highest BCUT2D eigenvalue weighted by molar-refractivity contribution is 7.80. The van der Waals surface area contributed by atoms with Gasteiger partial charge in [-0.25, -0.2) is 0 Å². The fraction of sp³-hybridized carbons (Fsp3) is 0.857. The summed E-state index contributed by atoms with van der Waals surface area (Å²) in [7, 11) is 0. The van der Waals surface area contributed by atoms with Gasteiger partial charge in [0, 0.05) is 20.0 Å². The Hall–Kier alpha value is -0.180. The third-order valence-electron chi connectivity index (χ3n) is 1.41. The summed E-state index contributed by atoms with van der Waals surface area (Å²) in [6.07, 6.45) is 0.983. The minimum absolute atomic E-state index is 0.157. The molecule has 0 spiro atoms. The number of carbonyl (C=O) groups excluding carboxylic acids is 1. The monoisotopic (exact) mass is 161 g/mol. The summed E-state index contributed by atoms with van der Waals surface area (Å²) in [5.41, 5.74) is 0. The van der Waals surface area contributed by atoms with Crippen LogP contribution in [0.5, 0.6) is 0 Å². The molecule has 0 atom stereocenters. The van der Waals surface area contributed by atoms with E-state index in [4.69, 9.17) is 0 Å². The molecule has 1 amide bonds. The Balaban J connectivity index is 3.50. The molecule has 0 radical (unpaired) electrons. The Morgan fingerprint density at radius 3 is 2.50 bits per heavy atom. The van der Waals surface area contributed by atoms with Crippen LogP contribution in [-0.4, -0.2) is 29.6 Å². The second-order valence-electron chi connectivity index (χ2n) is 2.18. The first-order valence-electron chi connectivity index (χ1n) is 3.58. The van der Waals surface area contributed by atoms with E-state index in [2.05, 4.69) is 12.6 Å². The van der Waals surface area contributed by atoms with Crippen molar-refractivity contribution in [2.24, 2.45) is 0 Å². The molecule has 0 fully saturated rings. The molecule has 10 heavy (non-hydrogen) atoms. The van der Waals surface area contributed by atoms with Crippen LogP contribution in [0.2, 0.25) is 0 Å². The lowest BCUT2D eigenvalue weighted by Crippen LogP contribution is -2.29. The summed E-state index contributed by atoms with van der Waals surface area (Å²) < 4.78 is 0. The number of thiol groups is 1. The van der Waals surface area contributed by atoms with E-state index in [0.717, 1.165) is 25.3 Å². The number of carbonyl (C=O) groups is 1. The van der Waals surface area contributed by atoms with Crippen molar-refractivity contribution in [1.82, 2.24) is 4.90 Å². The Morgan fingerprint density at radius 2 is 2.20 bits per heavy atom. The van der Waals surface area contributed by atoms with Crippen molar-refractivity contribution in [3.05, 3.63) is 0 Å². The molecule has 3 heteroatoms. The normalized spacial score (nSPS) is 9.50. The summed E-state index contributed by atoms with van der Waals surface area (Å²) in [5, 5.41) is 0. The zero-order valence-corrected chi connectivity index (χ0v) is 7.53. The summed E-state index contributed by atoms with van der Waals surface area (Å²) in [5.74, 6) is 1.01. The zero-order chi connectivity index (χ0) is 7.98. The first-order chi connectivity index (χ1) is 4.72. The van der Waals surface area contributed by atoms with Crippen molar-refractivity contribution < 1.29 is 4.79 Å². The maximum absolute atomic E-state index is 10.8. The van der Waals surface area contributed by atoms with Crippen LogP contribution >= 0.6 is 12.6 Å². The van der Waals surface area contributed by atoms with Crippen molar-refractivity contribution >= 4 is 18.5 Å². The molecule has 0 heterocycles. The minimum atomic E-state index is 0.157. The van der Waals surface area contributed by atoms with Gasteiger partial charge in [-0.15, -0.1) is 0 Å². The smallest absolute Gasteiger partial charge is 0.219 e. The predicted octanol–water partition coefficient (Wildman–Crippen LogP) is 1.17. The van der Waals surface area contributed by atoms with E-state index in [-0.39, 0.29) is 5.91 Å². The SMILES string of the molecule is CCN(CCCS)C(C)=O. The van der Waals surface area contributed by atoms with Gasteiger partial charge in [-0.05, 0) is 19.1 Å². The van der Waals surface area contributed by atoms with Gasteiger partial charge >= 0.3 is 0 Å². The minimum Gasteiger partial charge on any atom is -0.343 e. The molecule has 0 aliphatic heterocycles. The van der Waals surface area contributed by atoms with Crippen LogP contribution < -0.4 is 0 Å². The average Bonchev–Trinajstić information content (AvgIpc) is 1.89. The standard InChI is InChI=1S/C7H15NOS/c1-3-8(7(2)9)5-4-6-10/h10H,3-6H2,1-2H3. The maximum atomic E-state index is 10.8. The van der Waals surface area contributed by atoms with Gasteiger partial charge in [0.2, 0.25) is 5.91 Å². The molecule has 0 aromatic carbocycles. The fourth-order valence-electron chi connectivity index (χ4n) is 0.800. The molecule has 0 aliphatic carbocycles. The summed E-state index contributed by atoms with van der Waals surface area (Å²) in [6, 6.07) is 0. The third kappa shape index (κ3) is 3.77. The van der Waals surface area contributed by atoms with E-state index in [1.807, 2.05) is 11.8 Å². The van der Waals surface area contributed by atoms with Gasteiger partial charge in [0.05, 0.1) is 0 Å². The highest BCUT2D eigenvalue weighted by Gasteiger charge is 2.02. The van der Waals surface area contributed by atoms with Gasteiger partial charge in [-0.2, -0.15) is 12.6 Å². The van der Waals surface area contributed by atoms with Gasteiger partial charge in [0.15, 0.2) is 0 Å². The van der Waals surface area contributed by atoms with E-state index >= 15 is 0 Å². The maximum Gasteiger partial charge on any atom is 0.219 e.